The summed E-state index contributed by atoms with van der Waals surface area (Å²) in [7, 11) is -3.62. The monoisotopic (exact) mass is 329 g/mol. The number of hydrogen-bond acceptors (Lipinski definition) is 6. The van der Waals surface area contributed by atoms with Crippen LogP contribution in [0.25, 0.3) is 0 Å². The van der Waals surface area contributed by atoms with Gasteiger partial charge in [-0.25, -0.2) is 4.79 Å². The third-order valence-corrected chi connectivity index (χ3v) is 2.89. The Kier molecular flexibility index (Phi) is 5.92. The Morgan fingerprint density at radius 2 is 1.68 bits per heavy atom. The van der Waals surface area contributed by atoms with Gasteiger partial charge in [0, 0.05) is 6.92 Å². The van der Waals surface area contributed by atoms with Crippen LogP contribution in [0.3, 0.4) is 0 Å². The first-order valence-corrected chi connectivity index (χ1v) is 8.37. The fourth-order valence-electron chi connectivity index (χ4n) is 1.67. The van der Waals surface area contributed by atoms with E-state index in [1.807, 2.05) is 0 Å². The molecule has 1 aromatic rings. The van der Waals surface area contributed by atoms with Gasteiger partial charge in [-0.05, 0) is 31.5 Å². The first-order valence-electron chi connectivity index (χ1n) is 6.55. The molecule has 0 aliphatic rings. The van der Waals surface area contributed by atoms with Gasteiger partial charge in [-0.1, -0.05) is 12.1 Å². The Morgan fingerprint density at radius 1 is 1.14 bits per heavy atom. The van der Waals surface area contributed by atoms with Crippen molar-refractivity contribution in [3.8, 4) is 5.75 Å². The third-order valence-electron chi connectivity index (χ3n) is 2.40. The molecule has 1 aromatic carbocycles. The molecular formula is C14H19NO6S. The second kappa shape index (κ2) is 7.26. The van der Waals surface area contributed by atoms with Crippen LogP contribution in [0.2, 0.25) is 0 Å². The normalized spacial score (nSPS) is 12.6. The average molecular weight is 329 g/mol. The molecule has 0 bridgehead atoms. The van der Waals surface area contributed by atoms with Gasteiger partial charge in [0.15, 0.2) is 6.04 Å². The van der Waals surface area contributed by atoms with Gasteiger partial charge in [-0.2, -0.15) is 8.42 Å². The molecule has 1 atom stereocenters. The zero-order chi connectivity index (χ0) is 16.9. The molecule has 0 aliphatic carbocycles. The van der Waals surface area contributed by atoms with Crippen molar-refractivity contribution in [3.63, 3.8) is 0 Å². The molecule has 0 saturated carbocycles. The molecule has 1 unspecified atom stereocenters. The van der Waals surface area contributed by atoms with E-state index in [1.54, 1.807) is 13.8 Å². The molecule has 0 spiro atoms. The summed E-state index contributed by atoms with van der Waals surface area (Å²) in [4.78, 5) is 23.3. The van der Waals surface area contributed by atoms with Crippen molar-refractivity contribution in [1.29, 1.82) is 0 Å². The van der Waals surface area contributed by atoms with Crippen molar-refractivity contribution in [2.45, 2.75) is 32.9 Å². The summed E-state index contributed by atoms with van der Waals surface area (Å²) < 4.78 is 31.9. The fourth-order valence-corrected chi connectivity index (χ4v) is 2.13. The van der Waals surface area contributed by atoms with Crippen molar-refractivity contribution in [2.24, 2.45) is 0 Å². The number of benzene rings is 1. The van der Waals surface area contributed by atoms with Gasteiger partial charge in [-0.15, -0.1) is 0 Å². The largest absolute Gasteiger partial charge is 0.461 e. The molecule has 0 aliphatic heterocycles. The summed E-state index contributed by atoms with van der Waals surface area (Å²) in [5, 5.41) is 2.50. The maximum atomic E-state index is 12.0. The van der Waals surface area contributed by atoms with Crippen LogP contribution in [-0.2, 0) is 24.4 Å². The topological polar surface area (TPSA) is 98.8 Å². The molecule has 1 amide bonds. The van der Waals surface area contributed by atoms with E-state index in [0.717, 1.165) is 6.26 Å². The summed E-state index contributed by atoms with van der Waals surface area (Å²) in [6, 6.07) is 4.81. The van der Waals surface area contributed by atoms with Gasteiger partial charge in [0.05, 0.1) is 12.4 Å². The maximum Gasteiger partial charge on any atom is 0.333 e. The lowest BCUT2D eigenvalue weighted by Crippen LogP contribution is -2.34. The zero-order valence-corrected chi connectivity index (χ0v) is 13.6. The molecular weight excluding hydrogens is 310 g/mol. The number of carbonyl (C=O) groups excluding carboxylic acids is 2. The van der Waals surface area contributed by atoms with Crippen LogP contribution in [0, 0.1) is 0 Å². The summed E-state index contributed by atoms with van der Waals surface area (Å²) >= 11 is 0. The predicted octanol–water partition coefficient (Wildman–Crippen LogP) is 1.15. The van der Waals surface area contributed by atoms with Gasteiger partial charge in [0.2, 0.25) is 5.91 Å². The van der Waals surface area contributed by atoms with Gasteiger partial charge >= 0.3 is 16.1 Å². The van der Waals surface area contributed by atoms with E-state index in [9.17, 15) is 18.0 Å². The summed E-state index contributed by atoms with van der Waals surface area (Å²) in [6.45, 7) is 4.69. The Balaban J connectivity index is 2.99. The van der Waals surface area contributed by atoms with E-state index < -0.39 is 22.1 Å². The van der Waals surface area contributed by atoms with Crippen molar-refractivity contribution >= 4 is 22.0 Å². The fraction of sp³-hybridized carbons (Fsp3) is 0.429. The van der Waals surface area contributed by atoms with E-state index in [4.69, 9.17) is 8.92 Å². The van der Waals surface area contributed by atoms with Crippen LogP contribution in [0.5, 0.6) is 5.75 Å². The van der Waals surface area contributed by atoms with Crippen molar-refractivity contribution < 1.29 is 26.9 Å². The molecule has 122 valence electrons. The number of carbonyl (C=O) groups is 2. The van der Waals surface area contributed by atoms with Crippen molar-refractivity contribution in [2.75, 3.05) is 6.26 Å². The van der Waals surface area contributed by atoms with Gasteiger partial charge in [0.1, 0.15) is 5.75 Å². The molecule has 1 N–H and O–H groups in total. The third kappa shape index (κ3) is 6.13. The van der Waals surface area contributed by atoms with E-state index in [2.05, 4.69) is 5.32 Å². The van der Waals surface area contributed by atoms with Gasteiger partial charge in [0.25, 0.3) is 0 Å². The van der Waals surface area contributed by atoms with E-state index >= 15 is 0 Å². The van der Waals surface area contributed by atoms with Gasteiger partial charge in [-0.3, -0.25) is 4.79 Å². The summed E-state index contributed by atoms with van der Waals surface area (Å²) in [6.07, 6.45) is 0.609. The minimum absolute atomic E-state index is 0.116. The van der Waals surface area contributed by atoms with Crippen LogP contribution in [0.4, 0.5) is 0 Å². The molecule has 0 radical (unpaired) electrons. The molecule has 0 heterocycles. The molecule has 1 rings (SSSR count). The molecule has 0 saturated heterocycles. The highest BCUT2D eigenvalue weighted by molar-refractivity contribution is 7.86. The Labute approximate surface area is 129 Å². The van der Waals surface area contributed by atoms with E-state index in [1.165, 1.54) is 31.2 Å². The molecule has 0 aromatic heterocycles. The SMILES string of the molecule is CC(=O)NC(C(=O)OC(C)C)c1ccc(OS(C)(=O)=O)cc1. The van der Waals surface area contributed by atoms with Crippen LogP contribution >= 0.6 is 0 Å². The lowest BCUT2D eigenvalue weighted by molar-refractivity contribution is -0.151. The number of hydrogen-bond donors (Lipinski definition) is 1. The van der Waals surface area contributed by atoms with Crippen molar-refractivity contribution in [1.82, 2.24) is 5.32 Å². The number of nitrogens with one attached hydrogen (secondary N) is 1. The Morgan fingerprint density at radius 3 is 2.09 bits per heavy atom. The number of esters is 1. The molecule has 7 nitrogen and oxygen atoms in total. The number of rotatable bonds is 6. The summed E-state index contributed by atoms with van der Waals surface area (Å²) in [5.74, 6) is -0.866. The Hall–Kier alpha value is -2.09. The second-order valence-corrected chi connectivity index (χ2v) is 6.55. The minimum Gasteiger partial charge on any atom is -0.461 e. The quantitative estimate of drug-likeness (QED) is 0.621. The zero-order valence-electron chi connectivity index (χ0n) is 12.8. The smallest absolute Gasteiger partial charge is 0.333 e. The number of ether oxygens (including phenoxy) is 1. The molecule has 22 heavy (non-hydrogen) atoms. The standard InChI is InChI=1S/C14H19NO6S/c1-9(2)20-14(17)13(15-10(3)16)11-5-7-12(8-6-11)21-22(4,18)19/h5-9,13H,1-4H3,(H,15,16). The first kappa shape index (κ1) is 18.0. The van der Waals surface area contributed by atoms with E-state index in [-0.39, 0.29) is 17.8 Å². The first-order chi connectivity index (χ1) is 10.1. The van der Waals surface area contributed by atoms with Crippen molar-refractivity contribution in [3.05, 3.63) is 29.8 Å². The highest BCUT2D eigenvalue weighted by Gasteiger charge is 2.24. The van der Waals surface area contributed by atoms with Gasteiger partial charge < -0.3 is 14.2 Å². The second-order valence-electron chi connectivity index (χ2n) is 4.98. The van der Waals surface area contributed by atoms with Crippen LogP contribution in [-0.4, -0.2) is 32.7 Å². The minimum atomic E-state index is -3.62. The highest BCUT2D eigenvalue weighted by Crippen LogP contribution is 2.20. The van der Waals surface area contributed by atoms with Crippen LogP contribution in [0.1, 0.15) is 32.4 Å². The van der Waals surface area contributed by atoms with Crippen LogP contribution < -0.4 is 9.50 Å². The predicted molar refractivity (Wildman–Crippen MR) is 79.7 cm³/mol. The summed E-state index contributed by atoms with van der Waals surface area (Å²) in [5.41, 5.74) is 0.460. The lowest BCUT2D eigenvalue weighted by atomic mass is 10.1. The average Bonchev–Trinajstić information content (AvgIpc) is 2.34. The Bertz CT molecular complexity index is 636. The highest BCUT2D eigenvalue weighted by atomic mass is 32.2. The van der Waals surface area contributed by atoms with E-state index in [0.29, 0.717) is 5.56 Å². The lowest BCUT2D eigenvalue weighted by Gasteiger charge is -2.19. The molecule has 0 fully saturated rings. The maximum absolute atomic E-state index is 12.0. The number of amides is 1. The molecule has 8 heteroatoms. The van der Waals surface area contributed by atoms with Crippen LogP contribution in [0.15, 0.2) is 24.3 Å².